The Hall–Kier alpha value is -2.70. The normalized spacial score (nSPS) is 10.2. The number of nitrogens with one attached hydrogen (secondary N) is 2. The van der Waals surface area contributed by atoms with Crippen LogP contribution in [0.5, 0.6) is 0 Å². The summed E-state index contributed by atoms with van der Waals surface area (Å²) in [7, 11) is 0. The number of rotatable bonds is 4. The molecule has 2 N–H and O–H groups in total. The van der Waals surface area contributed by atoms with Gasteiger partial charge in [-0.3, -0.25) is 14.9 Å². The van der Waals surface area contributed by atoms with Crippen LogP contribution >= 0.6 is 0 Å². The molecule has 0 bridgehead atoms. The monoisotopic (exact) mass is 260 g/mol. The van der Waals surface area contributed by atoms with Crippen LogP contribution in [0.4, 0.5) is 5.69 Å². The summed E-state index contributed by atoms with van der Waals surface area (Å²) in [6.07, 6.45) is 3.11. The zero-order valence-electron chi connectivity index (χ0n) is 10.2. The van der Waals surface area contributed by atoms with Crippen LogP contribution in [0.2, 0.25) is 0 Å². The highest BCUT2D eigenvalue weighted by Crippen LogP contribution is 2.17. The second-order valence-corrected chi connectivity index (χ2v) is 4.02. The van der Waals surface area contributed by atoms with Gasteiger partial charge in [0.05, 0.1) is 23.5 Å². The molecular formula is C12H12N4O3. The second kappa shape index (κ2) is 5.30. The van der Waals surface area contributed by atoms with E-state index in [2.05, 4.69) is 15.3 Å². The number of hydrogen-bond acceptors (Lipinski definition) is 4. The van der Waals surface area contributed by atoms with Crippen LogP contribution in [0.25, 0.3) is 0 Å². The molecule has 1 aromatic carbocycles. The van der Waals surface area contributed by atoms with Crippen molar-refractivity contribution in [2.24, 2.45) is 0 Å². The first-order valence-electron chi connectivity index (χ1n) is 5.58. The molecule has 1 amide bonds. The summed E-state index contributed by atoms with van der Waals surface area (Å²) in [5.74, 6) is -0.351. The largest absolute Gasteiger partial charge is 0.347 e. The summed E-state index contributed by atoms with van der Waals surface area (Å²) < 4.78 is 0. The van der Waals surface area contributed by atoms with Crippen molar-refractivity contribution >= 4 is 11.6 Å². The molecule has 1 heterocycles. The molecule has 2 aromatic rings. The highest BCUT2D eigenvalue weighted by atomic mass is 16.6. The fraction of sp³-hybridized carbons (Fsp3) is 0.167. The van der Waals surface area contributed by atoms with E-state index >= 15 is 0 Å². The van der Waals surface area contributed by atoms with E-state index in [9.17, 15) is 14.9 Å². The van der Waals surface area contributed by atoms with Crippen LogP contribution in [0.3, 0.4) is 0 Å². The number of aromatic nitrogens is 2. The van der Waals surface area contributed by atoms with Gasteiger partial charge < -0.3 is 10.3 Å². The number of aromatic amines is 1. The van der Waals surface area contributed by atoms with Gasteiger partial charge >= 0.3 is 0 Å². The lowest BCUT2D eigenvalue weighted by Crippen LogP contribution is -2.23. The third kappa shape index (κ3) is 2.95. The van der Waals surface area contributed by atoms with E-state index in [0.717, 1.165) is 5.69 Å². The number of aryl methyl sites for hydroxylation is 1. The van der Waals surface area contributed by atoms with Crippen molar-refractivity contribution < 1.29 is 9.72 Å². The molecule has 7 nitrogen and oxygen atoms in total. The van der Waals surface area contributed by atoms with E-state index in [1.165, 1.54) is 18.5 Å². The van der Waals surface area contributed by atoms with Crippen LogP contribution in [-0.2, 0) is 6.54 Å². The number of imidazole rings is 1. The van der Waals surface area contributed by atoms with Crippen molar-refractivity contribution in [1.82, 2.24) is 15.3 Å². The van der Waals surface area contributed by atoms with E-state index in [1.54, 1.807) is 19.2 Å². The summed E-state index contributed by atoms with van der Waals surface area (Å²) in [6.45, 7) is 2.02. The van der Waals surface area contributed by atoms with Gasteiger partial charge in [-0.25, -0.2) is 4.98 Å². The minimum Gasteiger partial charge on any atom is -0.347 e. The lowest BCUT2D eigenvalue weighted by molar-refractivity contribution is -0.384. The number of carbonyl (C=O) groups is 1. The Balaban J connectivity index is 2.14. The molecule has 0 spiro atoms. The summed E-state index contributed by atoms with van der Waals surface area (Å²) in [6, 6.07) is 4.21. The molecule has 0 aliphatic carbocycles. The first-order chi connectivity index (χ1) is 9.08. The van der Waals surface area contributed by atoms with Gasteiger partial charge in [0.25, 0.3) is 11.6 Å². The number of nitro groups is 1. The number of amides is 1. The van der Waals surface area contributed by atoms with E-state index in [4.69, 9.17) is 0 Å². The smallest absolute Gasteiger partial charge is 0.270 e. The quantitative estimate of drug-likeness (QED) is 0.643. The Morgan fingerprint density at radius 1 is 1.53 bits per heavy atom. The Labute approximate surface area is 108 Å². The van der Waals surface area contributed by atoms with Gasteiger partial charge in [-0.05, 0) is 12.5 Å². The zero-order chi connectivity index (χ0) is 13.8. The molecular weight excluding hydrogens is 248 g/mol. The van der Waals surface area contributed by atoms with Crippen LogP contribution in [-0.4, -0.2) is 20.8 Å². The minimum absolute atomic E-state index is 0.0997. The van der Waals surface area contributed by atoms with E-state index in [1.807, 2.05) is 0 Å². The fourth-order valence-corrected chi connectivity index (χ4v) is 1.62. The van der Waals surface area contributed by atoms with Crippen molar-refractivity contribution in [3.8, 4) is 0 Å². The Kier molecular flexibility index (Phi) is 3.56. The molecule has 2 rings (SSSR count). The van der Waals surface area contributed by atoms with Crippen LogP contribution in [0.1, 0.15) is 21.6 Å². The molecule has 0 aliphatic rings. The third-order valence-corrected chi connectivity index (χ3v) is 2.67. The molecule has 0 atom stereocenters. The van der Waals surface area contributed by atoms with Crippen LogP contribution < -0.4 is 5.32 Å². The van der Waals surface area contributed by atoms with E-state index in [0.29, 0.717) is 17.7 Å². The maximum atomic E-state index is 12.0. The first-order valence-corrected chi connectivity index (χ1v) is 5.58. The maximum Gasteiger partial charge on any atom is 0.270 e. The van der Waals surface area contributed by atoms with E-state index in [-0.39, 0.29) is 11.6 Å². The predicted octanol–water partition coefficient (Wildman–Crippen LogP) is 1.56. The van der Waals surface area contributed by atoms with Crippen molar-refractivity contribution in [2.75, 3.05) is 0 Å². The average molecular weight is 260 g/mol. The molecule has 0 aliphatic heterocycles. The SMILES string of the molecule is Cc1ccc([N+](=O)[O-])cc1C(=O)NCc1cnc[nH]1. The zero-order valence-corrected chi connectivity index (χ0v) is 10.2. The van der Waals surface area contributed by atoms with Gasteiger partial charge in [-0.15, -0.1) is 0 Å². The van der Waals surface area contributed by atoms with E-state index < -0.39 is 4.92 Å². The molecule has 1 aromatic heterocycles. The third-order valence-electron chi connectivity index (χ3n) is 2.67. The number of non-ortho nitro benzene ring substituents is 1. The molecule has 7 heteroatoms. The minimum atomic E-state index is -0.523. The number of nitro benzene ring substituents is 1. The summed E-state index contributed by atoms with van der Waals surface area (Å²) in [5, 5.41) is 13.4. The number of hydrogen-bond donors (Lipinski definition) is 2. The van der Waals surface area contributed by atoms with Gasteiger partial charge in [0, 0.05) is 23.9 Å². The first kappa shape index (κ1) is 12.7. The molecule has 98 valence electrons. The molecule has 0 fully saturated rings. The van der Waals surface area contributed by atoms with Gasteiger partial charge in [0.15, 0.2) is 0 Å². The topological polar surface area (TPSA) is 101 Å². The lowest BCUT2D eigenvalue weighted by atomic mass is 10.1. The van der Waals surface area contributed by atoms with Crippen molar-refractivity contribution in [2.45, 2.75) is 13.5 Å². The average Bonchev–Trinajstić information content (AvgIpc) is 2.89. The van der Waals surface area contributed by atoms with Gasteiger partial charge in [-0.1, -0.05) is 6.07 Å². The van der Waals surface area contributed by atoms with Crippen molar-refractivity contribution in [1.29, 1.82) is 0 Å². The predicted molar refractivity (Wildman–Crippen MR) is 67.6 cm³/mol. The number of carbonyl (C=O) groups excluding carboxylic acids is 1. The Bertz CT molecular complexity index is 607. The number of nitrogens with zero attached hydrogens (tertiary/aromatic N) is 2. The highest BCUT2D eigenvalue weighted by Gasteiger charge is 2.14. The second-order valence-electron chi connectivity index (χ2n) is 4.02. The number of H-pyrrole nitrogens is 1. The highest BCUT2D eigenvalue weighted by molar-refractivity contribution is 5.96. The molecule has 0 saturated heterocycles. The summed E-state index contributed by atoms with van der Waals surface area (Å²) >= 11 is 0. The standard InChI is InChI=1S/C12H12N4O3/c1-8-2-3-10(16(18)19)4-11(8)12(17)14-6-9-5-13-7-15-9/h2-5,7H,6H2,1H3,(H,13,15)(H,14,17). The van der Waals surface area contributed by atoms with Gasteiger partial charge in [0.2, 0.25) is 0 Å². The summed E-state index contributed by atoms with van der Waals surface area (Å²) in [4.78, 5) is 28.8. The fourth-order valence-electron chi connectivity index (χ4n) is 1.62. The molecule has 0 saturated carbocycles. The molecule has 0 radical (unpaired) electrons. The Morgan fingerprint density at radius 3 is 2.95 bits per heavy atom. The maximum absolute atomic E-state index is 12.0. The van der Waals surface area contributed by atoms with Crippen molar-refractivity contribution in [3.05, 3.63) is 57.7 Å². The summed E-state index contributed by atoms with van der Waals surface area (Å²) in [5.41, 5.74) is 1.65. The lowest BCUT2D eigenvalue weighted by Gasteiger charge is -2.06. The molecule has 0 unspecified atom stereocenters. The van der Waals surface area contributed by atoms with Crippen molar-refractivity contribution in [3.63, 3.8) is 0 Å². The van der Waals surface area contributed by atoms with Gasteiger partial charge in [-0.2, -0.15) is 0 Å². The van der Waals surface area contributed by atoms with Crippen LogP contribution in [0, 0.1) is 17.0 Å². The Morgan fingerprint density at radius 2 is 2.32 bits per heavy atom. The number of benzene rings is 1. The van der Waals surface area contributed by atoms with Gasteiger partial charge in [0.1, 0.15) is 0 Å². The van der Waals surface area contributed by atoms with Crippen LogP contribution in [0.15, 0.2) is 30.7 Å². The molecule has 19 heavy (non-hydrogen) atoms.